The Morgan fingerprint density at radius 3 is 2.59 bits per heavy atom. The summed E-state index contributed by atoms with van der Waals surface area (Å²) in [5, 5.41) is 9.00. The molecule has 0 aliphatic rings. The zero-order chi connectivity index (χ0) is 13.2. The van der Waals surface area contributed by atoms with Crippen LogP contribution in [0.3, 0.4) is 0 Å². The van der Waals surface area contributed by atoms with Crippen LogP contribution in [-0.2, 0) is 11.2 Å². The number of halogens is 2. The van der Waals surface area contributed by atoms with Crippen LogP contribution in [0.15, 0.2) is 16.6 Å². The van der Waals surface area contributed by atoms with E-state index in [1.807, 2.05) is 0 Å². The van der Waals surface area contributed by atoms with E-state index < -0.39 is 17.2 Å². The highest BCUT2D eigenvalue weighted by Gasteiger charge is 2.29. The van der Waals surface area contributed by atoms with Crippen molar-refractivity contribution in [3.8, 4) is 5.75 Å². The van der Waals surface area contributed by atoms with E-state index in [4.69, 9.17) is 9.84 Å². The average molecular weight is 305 g/mol. The van der Waals surface area contributed by atoms with E-state index in [1.54, 1.807) is 19.9 Å². The zero-order valence-corrected chi connectivity index (χ0v) is 11.5. The highest BCUT2D eigenvalue weighted by atomic mass is 79.9. The molecule has 0 saturated carbocycles. The van der Waals surface area contributed by atoms with Gasteiger partial charge in [-0.05, 0) is 47.8 Å². The second-order valence-corrected chi connectivity index (χ2v) is 5.30. The van der Waals surface area contributed by atoms with Crippen LogP contribution in [0.1, 0.15) is 19.4 Å². The van der Waals surface area contributed by atoms with Crippen LogP contribution in [0.2, 0.25) is 0 Å². The first kappa shape index (κ1) is 14.0. The van der Waals surface area contributed by atoms with E-state index in [1.165, 1.54) is 13.2 Å². The van der Waals surface area contributed by atoms with Crippen LogP contribution in [-0.4, -0.2) is 18.2 Å². The van der Waals surface area contributed by atoms with Crippen molar-refractivity contribution in [2.75, 3.05) is 7.11 Å². The van der Waals surface area contributed by atoms with Crippen LogP contribution in [0.5, 0.6) is 5.75 Å². The van der Waals surface area contributed by atoms with E-state index in [0.29, 0.717) is 15.8 Å². The third-order valence-electron chi connectivity index (χ3n) is 2.53. The maximum Gasteiger partial charge on any atom is 0.309 e. The topological polar surface area (TPSA) is 46.5 Å². The third-order valence-corrected chi connectivity index (χ3v) is 3.15. The standard InChI is InChI=1S/C12H14BrFO3/c1-12(2,11(15)16)6-7-4-8(13)10(17-3)5-9(7)14/h4-5H,6H2,1-3H3,(H,15,16). The van der Waals surface area contributed by atoms with Crippen LogP contribution in [0.25, 0.3) is 0 Å². The molecule has 94 valence electrons. The summed E-state index contributed by atoms with van der Waals surface area (Å²) in [6, 6.07) is 2.80. The Bertz CT molecular complexity index is 444. The third kappa shape index (κ3) is 3.19. The molecule has 3 nitrogen and oxygen atoms in total. The van der Waals surface area contributed by atoms with Gasteiger partial charge in [0.25, 0.3) is 0 Å². The number of rotatable bonds is 4. The number of benzene rings is 1. The number of hydrogen-bond acceptors (Lipinski definition) is 2. The maximum atomic E-state index is 13.7. The first-order chi connectivity index (χ1) is 7.77. The van der Waals surface area contributed by atoms with Crippen LogP contribution in [0.4, 0.5) is 4.39 Å². The summed E-state index contributed by atoms with van der Waals surface area (Å²) in [5.74, 6) is -1.03. The number of carbonyl (C=O) groups is 1. The highest BCUT2D eigenvalue weighted by Crippen LogP contribution is 2.31. The lowest BCUT2D eigenvalue weighted by Crippen LogP contribution is -2.26. The lowest BCUT2D eigenvalue weighted by Gasteiger charge is -2.19. The lowest BCUT2D eigenvalue weighted by molar-refractivity contribution is -0.146. The van der Waals surface area contributed by atoms with Gasteiger partial charge in [0.2, 0.25) is 0 Å². The largest absolute Gasteiger partial charge is 0.495 e. The smallest absolute Gasteiger partial charge is 0.309 e. The predicted molar refractivity (Wildman–Crippen MR) is 65.8 cm³/mol. The molecule has 1 N–H and O–H groups in total. The number of hydrogen-bond donors (Lipinski definition) is 1. The van der Waals surface area contributed by atoms with Gasteiger partial charge in [0.15, 0.2) is 0 Å². The minimum atomic E-state index is -1.01. The molecule has 0 unspecified atom stereocenters. The Morgan fingerprint density at radius 1 is 1.53 bits per heavy atom. The summed E-state index contributed by atoms with van der Waals surface area (Å²) in [5.41, 5.74) is -0.653. The molecule has 17 heavy (non-hydrogen) atoms. The molecule has 0 aliphatic heterocycles. The van der Waals surface area contributed by atoms with Crippen molar-refractivity contribution in [3.05, 3.63) is 28.0 Å². The summed E-state index contributed by atoms with van der Waals surface area (Å²) >= 11 is 3.25. The fraction of sp³-hybridized carbons (Fsp3) is 0.417. The van der Waals surface area contributed by atoms with E-state index >= 15 is 0 Å². The molecule has 0 radical (unpaired) electrons. The van der Waals surface area contributed by atoms with Gasteiger partial charge in [-0.15, -0.1) is 0 Å². The summed E-state index contributed by atoms with van der Waals surface area (Å²) in [4.78, 5) is 11.0. The van der Waals surface area contributed by atoms with Crippen molar-refractivity contribution in [1.29, 1.82) is 0 Å². The average Bonchev–Trinajstić information content (AvgIpc) is 2.22. The molecular formula is C12H14BrFO3. The van der Waals surface area contributed by atoms with E-state index in [9.17, 15) is 9.18 Å². The molecule has 1 aromatic rings. The van der Waals surface area contributed by atoms with Gasteiger partial charge in [-0.25, -0.2) is 4.39 Å². The maximum absolute atomic E-state index is 13.7. The second kappa shape index (κ2) is 5.04. The van der Waals surface area contributed by atoms with Crippen molar-refractivity contribution < 1.29 is 19.0 Å². The zero-order valence-electron chi connectivity index (χ0n) is 9.88. The van der Waals surface area contributed by atoms with Gasteiger partial charge in [-0.2, -0.15) is 0 Å². The molecule has 0 atom stereocenters. The van der Waals surface area contributed by atoms with E-state index in [2.05, 4.69) is 15.9 Å². The summed E-state index contributed by atoms with van der Waals surface area (Å²) in [6.45, 7) is 3.12. The first-order valence-electron chi connectivity index (χ1n) is 5.03. The van der Waals surface area contributed by atoms with Crippen molar-refractivity contribution in [3.63, 3.8) is 0 Å². The SMILES string of the molecule is COc1cc(F)c(CC(C)(C)C(=O)O)cc1Br. The molecule has 0 aliphatic carbocycles. The quantitative estimate of drug-likeness (QED) is 0.929. The van der Waals surface area contributed by atoms with Gasteiger partial charge in [0.05, 0.1) is 17.0 Å². The number of aliphatic carboxylic acids is 1. The monoisotopic (exact) mass is 304 g/mol. The number of carboxylic acid groups (broad SMARTS) is 1. The normalized spacial score (nSPS) is 11.4. The molecule has 5 heteroatoms. The van der Waals surface area contributed by atoms with Crippen LogP contribution in [0, 0.1) is 11.2 Å². The van der Waals surface area contributed by atoms with Gasteiger partial charge in [0.1, 0.15) is 11.6 Å². The predicted octanol–water partition coefficient (Wildman–Crippen LogP) is 3.25. The van der Waals surface area contributed by atoms with Crippen molar-refractivity contribution >= 4 is 21.9 Å². The van der Waals surface area contributed by atoms with E-state index in [0.717, 1.165) is 0 Å². The molecule has 0 fully saturated rings. The van der Waals surface area contributed by atoms with Gasteiger partial charge >= 0.3 is 5.97 Å². The Hall–Kier alpha value is -1.10. The molecule has 0 aromatic heterocycles. The summed E-state index contributed by atoms with van der Waals surface area (Å²) < 4.78 is 19.3. The van der Waals surface area contributed by atoms with Gasteiger partial charge in [0, 0.05) is 6.07 Å². The van der Waals surface area contributed by atoms with Gasteiger partial charge < -0.3 is 9.84 Å². The van der Waals surface area contributed by atoms with Crippen LogP contribution >= 0.6 is 15.9 Å². The Morgan fingerprint density at radius 2 is 2.12 bits per heavy atom. The lowest BCUT2D eigenvalue weighted by atomic mass is 9.86. The Kier molecular flexibility index (Phi) is 4.14. The first-order valence-corrected chi connectivity index (χ1v) is 5.82. The number of carboxylic acids is 1. The molecule has 0 spiro atoms. The number of ether oxygens (including phenoxy) is 1. The molecule has 0 amide bonds. The minimum Gasteiger partial charge on any atom is -0.495 e. The molecular weight excluding hydrogens is 291 g/mol. The minimum absolute atomic E-state index is 0.122. The number of methoxy groups -OCH3 is 1. The fourth-order valence-corrected chi connectivity index (χ4v) is 1.97. The van der Waals surface area contributed by atoms with Gasteiger partial charge in [-0.1, -0.05) is 0 Å². The summed E-state index contributed by atoms with van der Waals surface area (Å²) in [6.07, 6.45) is 0.122. The Balaban J connectivity index is 3.08. The van der Waals surface area contributed by atoms with Gasteiger partial charge in [-0.3, -0.25) is 4.79 Å². The Labute approximate surface area is 108 Å². The summed E-state index contributed by atoms with van der Waals surface area (Å²) in [7, 11) is 1.44. The van der Waals surface area contributed by atoms with E-state index in [-0.39, 0.29) is 6.42 Å². The van der Waals surface area contributed by atoms with Crippen molar-refractivity contribution in [2.24, 2.45) is 5.41 Å². The second-order valence-electron chi connectivity index (χ2n) is 4.44. The molecule has 1 rings (SSSR count). The molecule has 0 saturated heterocycles. The molecule has 0 bridgehead atoms. The highest BCUT2D eigenvalue weighted by molar-refractivity contribution is 9.10. The molecule has 0 heterocycles. The fourth-order valence-electron chi connectivity index (χ4n) is 1.41. The molecule has 1 aromatic carbocycles. The van der Waals surface area contributed by atoms with Crippen molar-refractivity contribution in [2.45, 2.75) is 20.3 Å². The van der Waals surface area contributed by atoms with Crippen molar-refractivity contribution in [1.82, 2.24) is 0 Å². The van der Waals surface area contributed by atoms with Crippen LogP contribution < -0.4 is 4.74 Å².